The van der Waals surface area contributed by atoms with Gasteiger partial charge in [0.1, 0.15) is 11.4 Å². The van der Waals surface area contributed by atoms with Gasteiger partial charge in [0, 0.05) is 25.2 Å². The molecule has 4 rings (SSSR count). The molecule has 136 valence electrons. The lowest BCUT2D eigenvalue weighted by atomic mass is 9.91. The number of piperidine rings is 2. The van der Waals surface area contributed by atoms with E-state index in [0.29, 0.717) is 18.9 Å². The predicted octanol–water partition coefficient (Wildman–Crippen LogP) is 2.16. The lowest BCUT2D eigenvalue weighted by molar-refractivity contribution is -0.384. The number of anilines is 2. The van der Waals surface area contributed by atoms with Crippen LogP contribution in [0.2, 0.25) is 0 Å². The van der Waals surface area contributed by atoms with E-state index in [-0.39, 0.29) is 29.7 Å². The Labute approximate surface area is 145 Å². The smallest absolute Gasteiger partial charge is 0.410 e. The highest BCUT2D eigenvalue weighted by Gasteiger charge is 2.43. The van der Waals surface area contributed by atoms with Crippen molar-refractivity contribution in [2.45, 2.75) is 51.3 Å². The first-order valence-electron chi connectivity index (χ1n) is 8.33. The Balaban J connectivity index is 1.75. The monoisotopic (exact) mass is 349 g/mol. The summed E-state index contributed by atoms with van der Waals surface area (Å²) in [6.45, 7) is 6.72. The molecule has 3 aliphatic heterocycles. The molecule has 2 bridgehead atoms. The lowest BCUT2D eigenvalue weighted by Crippen LogP contribution is -2.64. The van der Waals surface area contributed by atoms with Gasteiger partial charge in [-0.2, -0.15) is 0 Å². The number of nitrogens with two attached hydrogens (primary N) is 1. The van der Waals surface area contributed by atoms with Crippen molar-refractivity contribution < 1.29 is 14.5 Å². The van der Waals surface area contributed by atoms with Crippen molar-refractivity contribution in [3.8, 4) is 0 Å². The Hall–Kier alpha value is -2.58. The molecular weight excluding hydrogens is 326 g/mol. The van der Waals surface area contributed by atoms with Crippen molar-refractivity contribution in [2.75, 3.05) is 23.7 Å². The van der Waals surface area contributed by atoms with E-state index in [2.05, 4.69) is 9.88 Å². The van der Waals surface area contributed by atoms with Crippen LogP contribution in [-0.2, 0) is 4.74 Å². The Morgan fingerprint density at radius 2 is 2.00 bits per heavy atom. The molecule has 1 aromatic rings. The van der Waals surface area contributed by atoms with E-state index in [4.69, 9.17) is 10.5 Å². The Morgan fingerprint density at radius 1 is 1.32 bits per heavy atom. The van der Waals surface area contributed by atoms with Gasteiger partial charge >= 0.3 is 11.8 Å². The number of amides is 1. The summed E-state index contributed by atoms with van der Waals surface area (Å²) >= 11 is 0. The van der Waals surface area contributed by atoms with Crippen LogP contribution in [-0.4, -0.2) is 51.7 Å². The number of carbonyl (C=O) groups is 1. The summed E-state index contributed by atoms with van der Waals surface area (Å²) in [5, 5.41) is 10.9. The SMILES string of the molecule is CC(C)(C)OC(=O)N1CC2CC[C@@H]1CN2c1ccc([N+](=O)[O-])c(N)n1. The second-order valence-corrected chi connectivity index (χ2v) is 7.50. The summed E-state index contributed by atoms with van der Waals surface area (Å²) in [4.78, 5) is 30.8. The van der Waals surface area contributed by atoms with Crippen LogP contribution in [0, 0.1) is 10.1 Å². The molecule has 2 atom stereocenters. The van der Waals surface area contributed by atoms with E-state index in [0.717, 1.165) is 12.8 Å². The third kappa shape index (κ3) is 3.45. The number of ether oxygens (including phenoxy) is 1. The number of hydrogen-bond donors (Lipinski definition) is 1. The minimum Gasteiger partial charge on any atom is -0.444 e. The van der Waals surface area contributed by atoms with E-state index < -0.39 is 10.5 Å². The molecule has 0 spiro atoms. The van der Waals surface area contributed by atoms with Crippen molar-refractivity contribution in [3.05, 3.63) is 22.2 Å². The van der Waals surface area contributed by atoms with Gasteiger partial charge in [0.15, 0.2) is 0 Å². The first-order valence-corrected chi connectivity index (χ1v) is 8.33. The third-order valence-corrected chi connectivity index (χ3v) is 4.54. The van der Waals surface area contributed by atoms with E-state index in [1.165, 1.54) is 6.07 Å². The molecule has 3 fully saturated rings. The number of hydrogen-bond acceptors (Lipinski definition) is 7. The van der Waals surface area contributed by atoms with Gasteiger partial charge in [0.05, 0.1) is 11.0 Å². The molecule has 1 aromatic heterocycles. The maximum absolute atomic E-state index is 12.4. The quantitative estimate of drug-likeness (QED) is 0.642. The second-order valence-electron chi connectivity index (χ2n) is 7.50. The number of nitrogen functional groups attached to an aromatic ring is 1. The van der Waals surface area contributed by atoms with Crippen LogP contribution in [0.3, 0.4) is 0 Å². The summed E-state index contributed by atoms with van der Waals surface area (Å²) in [5.74, 6) is 0.523. The molecular formula is C16H23N5O4. The fraction of sp³-hybridized carbons (Fsp3) is 0.625. The normalized spacial score (nSPS) is 22.8. The van der Waals surface area contributed by atoms with E-state index in [1.54, 1.807) is 11.0 Å². The van der Waals surface area contributed by atoms with Crippen LogP contribution in [0.5, 0.6) is 0 Å². The molecule has 0 aromatic carbocycles. The number of rotatable bonds is 2. The maximum Gasteiger partial charge on any atom is 0.410 e. The zero-order valence-corrected chi connectivity index (χ0v) is 14.6. The first kappa shape index (κ1) is 17.2. The number of carbonyl (C=O) groups excluding carboxylic acids is 1. The highest BCUT2D eigenvalue weighted by atomic mass is 16.6. The van der Waals surface area contributed by atoms with Gasteiger partial charge in [0.2, 0.25) is 5.82 Å². The Bertz CT molecular complexity index is 702. The minimum absolute atomic E-state index is 0.0399. The van der Waals surface area contributed by atoms with Crippen molar-refractivity contribution >= 4 is 23.4 Å². The van der Waals surface area contributed by atoms with Crippen LogP contribution in [0.1, 0.15) is 33.6 Å². The zero-order chi connectivity index (χ0) is 18.4. The largest absolute Gasteiger partial charge is 0.444 e. The number of fused-ring (bicyclic) bond motifs is 3. The maximum atomic E-state index is 12.4. The number of aromatic nitrogens is 1. The van der Waals surface area contributed by atoms with E-state index >= 15 is 0 Å². The zero-order valence-electron chi connectivity index (χ0n) is 14.6. The molecule has 0 radical (unpaired) electrons. The van der Waals surface area contributed by atoms with Crippen LogP contribution >= 0.6 is 0 Å². The van der Waals surface area contributed by atoms with Crippen LogP contribution in [0.4, 0.5) is 22.1 Å². The van der Waals surface area contributed by atoms with Gasteiger partial charge in [-0.05, 0) is 39.7 Å². The highest BCUT2D eigenvalue weighted by molar-refractivity contribution is 5.70. The highest BCUT2D eigenvalue weighted by Crippen LogP contribution is 2.34. The second kappa shape index (κ2) is 6.05. The van der Waals surface area contributed by atoms with Crippen molar-refractivity contribution in [2.24, 2.45) is 0 Å². The Morgan fingerprint density at radius 3 is 2.52 bits per heavy atom. The van der Waals surface area contributed by atoms with Gasteiger partial charge < -0.3 is 20.3 Å². The molecule has 4 heterocycles. The standard InChI is InChI=1S/C16H23N5O4/c1-16(2,3)25-15(22)20-9-10-4-5-11(20)8-19(10)13-7-6-12(21(23)24)14(17)18-13/h6-7,10-11H,4-5,8-9H2,1-3H3,(H2,17,18)/t10?,11-/m1/s1. The number of piperazine rings is 1. The van der Waals surface area contributed by atoms with E-state index in [9.17, 15) is 14.9 Å². The summed E-state index contributed by atoms with van der Waals surface area (Å²) in [5.41, 5.74) is 4.99. The first-order chi connectivity index (χ1) is 11.7. The molecule has 2 N–H and O–H groups in total. The number of pyridine rings is 1. The van der Waals surface area contributed by atoms with Gasteiger partial charge in [-0.15, -0.1) is 0 Å². The van der Waals surface area contributed by atoms with Gasteiger partial charge in [-0.3, -0.25) is 10.1 Å². The van der Waals surface area contributed by atoms with Gasteiger partial charge in [-0.25, -0.2) is 9.78 Å². The van der Waals surface area contributed by atoms with Crippen LogP contribution in [0.25, 0.3) is 0 Å². The van der Waals surface area contributed by atoms with Crippen molar-refractivity contribution in [1.82, 2.24) is 9.88 Å². The average molecular weight is 349 g/mol. The van der Waals surface area contributed by atoms with Crippen molar-refractivity contribution in [3.63, 3.8) is 0 Å². The predicted molar refractivity (Wildman–Crippen MR) is 92.4 cm³/mol. The molecule has 25 heavy (non-hydrogen) atoms. The number of nitro groups is 1. The summed E-state index contributed by atoms with van der Waals surface area (Å²) < 4.78 is 5.49. The molecule has 1 unspecified atom stereocenters. The molecule has 9 nitrogen and oxygen atoms in total. The lowest BCUT2D eigenvalue weighted by Gasteiger charge is -2.51. The summed E-state index contributed by atoms with van der Waals surface area (Å²) in [7, 11) is 0. The fourth-order valence-corrected chi connectivity index (χ4v) is 3.42. The fourth-order valence-electron chi connectivity index (χ4n) is 3.42. The topological polar surface area (TPSA) is 115 Å². The number of nitrogens with zero attached hydrogens (tertiary/aromatic N) is 4. The molecule has 9 heteroatoms. The minimum atomic E-state index is -0.543. The Kier molecular flexibility index (Phi) is 4.18. The molecule has 3 aliphatic rings. The molecule has 3 saturated heterocycles. The molecule has 0 aliphatic carbocycles. The molecule has 0 saturated carbocycles. The third-order valence-electron chi connectivity index (χ3n) is 4.54. The van der Waals surface area contributed by atoms with E-state index in [1.807, 2.05) is 20.8 Å². The summed E-state index contributed by atoms with van der Waals surface area (Å²) in [6, 6.07) is 3.14. The molecule has 1 amide bonds. The van der Waals surface area contributed by atoms with Gasteiger partial charge in [-0.1, -0.05) is 0 Å². The van der Waals surface area contributed by atoms with Crippen LogP contribution in [0.15, 0.2) is 12.1 Å². The summed E-state index contributed by atoms with van der Waals surface area (Å²) in [6.07, 6.45) is 1.55. The average Bonchev–Trinajstić information content (AvgIpc) is 2.53. The van der Waals surface area contributed by atoms with Gasteiger partial charge in [0.25, 0.3) is 0 Å². The van der Waals surface area contributed by atoms with Crippen LogP contribution < -0.4 is 10.6 Å². The van der Waals surface area contributed by atoms with Crippen molar-refractivity contribution in [1.29, 1.82) is 0 Å².